The Morgan fingerprint density at radius 2 is 0.841 bits per heavy atom. The van der Waals surface area contributed by atoms with Crippen molar-refractivity contribution in [3.8, 4) is 11.5 Å². The molecule has 0 atom stereocenters. The van der Waals surface area contributed by atoms with Crippen LogP contribution in [0.4, 0.5) is 5.69 Å². The van der Waals surface area contributed by atoms with Crippen molar-refractivity contribution in [2.45, 2.75) is 91.4 Å². The van der Waals surface area contributed by atoms with Crippen LogP contribution in [0, 0.1) is 12.1 Å². The zero-order valence-corrected chi connectivity index (χ0v) is 54.8. The topological polar surface area (TPSA) is 49.3 Å². The Balaban J connectivity index is 0.000000257. The van der Waals surface area contributed by atoms with Crippen LogP contribution in [0.1, 0.15) is 141 Å². The summed E-state index contributed by atoms with van der Waals surface area (Å²) in [5.41, 5.74) is 12.6. The van der Waals surface area contributed by atoms with Crippen LogP contribution in [0.3, 0.4) is 0 Å². The first kappa shape index (κ1) is 69.5. The molecular weight excluding hydrogens is 1260 g/mol. The predicted octanol–water partition coefficient (Wildman–Crippen LogP) is 19.2. The van der Waals surface area contributed by atoms with Crippen molar-refractivity contribution >= 4 is 61.6 Å². The molecule has 0 N–H and O–H groups in total. The van der Waals surface area contributed by atoms with Gasteiger partial charge in [-0.3, -0.25) is 0 Å². The van der Waals surface area contributed by atoms with Gasteiger partial charge >= 0.3 is 55.4 Å². The molecule has 0 fully saturated rings. The normalized spacial score (nSPS) is 11.0. The third-order valence-corrected chi connectivity index (χ3v) is 16.0. The number of hydrogen-bond donors (Lipinski definition) is 0. The van der Waals surface area contributed by atoms with Gasteiger partial charge in [0.2, 0.25) is 0 Å². The molecule has 8 rings (SSSR count). The van der Waals surface area contributed by atoms with Crippen molar-refractivity contribution in [2.75, 3.05) is 46.8 Å². The van der Waals surface area contributed by atoms with Gasteiger partial charge in [-0.25, -0.2) is 0 Å². The van der Waals surface area contributed by atoms with Gasteiger partial charge in [0.05, 0.1) is 32.1 Å². The van der Waals surface area contributed by atoms with E-state index < -0.39 is 0 Å². The standard InChI is InChI=1S/C27H25P.C23H29O2.C22H28NO2.2ClH.2Pd/c1-5-13-23(14-6-1)27(24-15-7-2-8-16-24)21-22-28(25-17-9-3-10-18-25)26-19-11-4-12-20-26;1-17(2)21-7-6-8-22(18(3)4)23(21)14-11-19-9-12-20(13-10-19)25-16-15-24-5;1-16(2)20-7-6-8-21(17(3)4)22(20)23-15-18-9-11-19(12-10-18)25-14-13-24-5;;;;/h1-20,27H,21-22H2;6-9,11-14,17-18H,15-16H2,1-5H3;6-9,11-12,15-17H,13-14H2,1-5H3;2*1H;;/q;2*-1;;;2*+2/p-2/b;14-11+;;;;;. The molecule has 5 nitrogen and oxygen atoms in total. The average Bonchev–Trinajstić information content (AvgIpc) is 3.54. The number of para-hydroxylation sites is 1. The average molecular weight is 1340 g/mol. The van der Waals surface area contributed by atoms with Gasteiger partial charge in [-0.15, -0.1) is 60.2 Å². The van der Waals surface area contributed by atoms with E-state index in [4.69, 9.17) is 23.9 Å². The number of halogens is 2. The fraction of sp³-hybridized carbons (Fsp3) is 0.292. The zero-order valence-electron chi connectivity index (χ0n) is 49.3. The first-order valence-electron chi connectivity index (χ1n) is 27.9. The third kappa shape index (κ3) is 23.6. The van der Waals surface area contributed by atoms with Crippen molar-refractivity contribution in [1.82, 2.24) is 0 Å². The Kier molecular flexibility index (Phi) is 34.2. The van der Waals surface area contributed by atoms with E-state index in [1.807, 2.05) is 42.6 Å². The maximum Gasteiger partial charge on any atom is 0.00929 e. The molecular formula is C72H82Cl2NO4PPd2. The summed E-state index contributed by atoms with van der Waals surface area (Å²) in [6.07, 6.45) is 8.56. The first-order chi connectivity index (χ1) is 40.0. The molecule has 0 aromatic heterocycles. The van der Waals surface area contributed by atoms with Crippen LogP contribution in [-0.2, 0) is 45.8 Å². The molecule has 0 saturated heterocycles. The maximum atomic E-state index is 5.58. The maximum absolute atomic E-state index is 5.58. The van der Waals surface area contributed by atoms with Crippen LogP contribution in [0.2, 0.25) is 0 Å². The molecule has 0 spiro atoms. The van der Waals surface area contributed by atoms with E-state index in [9.17, 15) is 0 Å². The number of nitrogens with zero attached hydrogens (tertiary/aromatic N) is 1. The summed E-state index contributed by atoms with van der Waals surface area (Å²) in [4.78, 5) is 4.81. The number of rotatable bonds is 23. The Labute approximate surface area is 523 Å². The molecule has 8 aromatic carbocycles. The smallest absolute Gasteiger partial charge is 0.00929 e. The molecule has 438 valence electrons. The monoisotopic (exact) mass is 1340 g/mol. The fourth-order valence-electron chi connectivity index (χ4n) is 9.24. The Bertz CT molecular complexity index is 2660. The van der Waals surface area contributed by atoms with Crippen LogP contribution in [0.15, 0.2) is 199 Å². The minimum Gasteiger partial charge on any atom is -0.0622 e. The molecule has 0 amide bonds. The largest absolute Gasteiger partial charge is 0.0622 e. The SMILES string of the molecule is COCCOc1c[c-]c(/C=C/c2c(C(C)C)cccc2C(C)C)cc1.COCCOc1c[c-]c(C=Nc2c(C(C)C)cccc2C(C)C)cc1.[Cl][Pd+].[Cl][Pd+].c1ccc(C(CCP(c2ccccc2)c2ccccc2)c2ccccc2)cc1. The molecule has 0 aliphatic rings. The molecule has 0 bridgehead atoms. The van der Waals surface area contributed by atoms with Gasteiger partial charge in [0.15, 0.2) is 0 Å². The molecule has 0 radical (unpaired) electrons. The van der Waals surface area contributed by atoms with Gasteiger partial charge in [0.1, 0.15) is 0 Å². The molecule has 0 aliphatic carbocycles. The van der Waals surface area contributed by atoms with Crippen LogP contribution in [0.5, 0.6) is 11.5 Å². The van der Waals surface area contributed by atoms with E-state index in [2.05, 4.69) is 293 Å². The Morgan fingerprint density at radius 3 is 1.22 bits per heavy atom. The molecule has 8 aromatic rings. The van der Waals surface area contributed by atoms with Gasteiger partial charge in [0, 0.05) is 31.6 Å². The van der Waals surface area contributed by atoms with Crippen LogP contribution >= 0.6 is 27.0 Å². The number of hydrogen-bond acceptors (Lipinski definition) is 5. The molecule has 82 heavy (non-hydrogen) atoms. The van der Waals surface area contributed by atoms with Crippen molar-refractivity contribution in [3.63, 3.8) is 0 Å². The van der Waals surface area contributed by atoms with Gasteiger partial charge in [0.25, 0.3) is 0 Å². The van der Waals surface area contributed by atoms with Crippen molar-refractivity contribution in [2.24, 2.45) is 4.99 Å². The number of aliphatic imine (C=N–C) groups is 1. The summed E-state index contributed by atoms with van der Waals surface area (Å²) < 4.78 is 21.1. The molecule has 0 saturated carbocycles. The summed E-state index contributed by atoms with van der Waals surface area (Å²) in [7, 11) is 11.9. The van der Waals surface area contributed by atoms with E-state index in [-0.39, 0.29) is 7.92 Å². The van der Waals surface area contributed by atoms with E-state index in [0.717, 1.165) is 34.7 Å². The second kappa shape index (κ2) is 40.3. The quantitative estimate of drug-likeness (QED) is 0.0160. The van der Waals surface area contributed by atoms with E-state index >= 15 is 0 Å². The fourth-order valence-corrected chi connectivity index (χ4v) is 11.6. The second-order valence-corrected chi connectivity index (χ2v) is 22.8. The van der Waals surface area contributed by atoms with E-state index in [0.29, 0.717) is 56.0 Å². The summed E-state index contributed by atoms with van der Waals surface area (Å²) in [5, 5.41) is 2.92. The predicted molar refractivity (Wildman–Crippen MR) is 346 cm³/mol. The first-order valence-corrected chi connectivity index (χ1v) is 33.5. The second-order valence-electron chi connectivity index (χ2n) is 20.5. The van der Waals surface area contributed by atoms with Gasteiger partial charge in [-0.1, -0.05) is 219 Å². The molecule has 0 unspecified atom stereocenters. The third-order valence-electron chi connectivity index (χ3n) is 13.4. The van der Waals surface area contributed by atoms with Crippen molar-refractivity contribution in [1.29, 1.82) is 0 Å². The van der Waals surface area contributed by atoms with Crippen molar-refractivity contribution < 1.29 is 55.3 Å². The zero-order chi connectivity index (χ0) is 59.5. The molecule has 10 heteroatoms. The Morgan fingerprint density at radius 1 is 0.451 bits per heavy atom. The van der Waals surface area contributed by atoms with Gasteiger partial charge in [-0.2, -0.15) is 5.56 Å². The minimum absolute atomic E-state index is 0.364. The number of benzene rings is 8. The number of ether oxygens (including phenoxy) is 4. The van der Waals surface area contributed by atoms with Crippen molar-refractivity contribution in [3.05, 3.63) is 256 Å². The summed E-state index contributed by atoms with van der Waals surface area (Å²) in [6, 6.07) is 75.2. The molecule has 0 heterocycles. The summed E-state index contributed by atoms with van der Waals surface area (Å²) >= 11 is 4.44. The number of methoxy groups -OCH3 is 2. The summed E-state index contributed by atoms with van der Waals surface area (Å²) in [6.45, 7) is 20.1. The minimum atomic E-state index is -0.364. The van der Waals surface area contributed by atoms with Crippen LogP contribution in [-0.4, -0.2) is 53.0 Å². The van der Waals surface area contributed by atoms with E-state index in [1.54, 1.807) is 14.2 Å². The van der Waals surface area contributed by atoms with Gasteiger partial charge < -0.3 is 23.9 Å². The summed E-state index contributed by atoms with van der Waals surface area (Å²) in [5.74, 6) is 3.91. The van der Waals surface area contributed by atoms with Crippen LogP contribution < -0.4 is 20.1 Å². The molecule has 0 aliphatic heterocycles. The Hall–Kier alpha value is -4.98. The van der Waals surface area contributed by atoms with Crippen LogP contribution in [0.25, 0.3) is 12.2 Å². The van der Waals surface area contributed by atoms with Gasteiger partial charge in [-0.05, 0) is 99.9 Å². The van der Waals surface area contributed by atoms with E-state index in [1.165, 1.54) is 55.7 Å².